The number of halogens is 1. The van der Waals surface area contributed by atoms with Crippen molar-refractivity contribution in [3.05, 3.63) is 59.4 Å². The maximum absolute atomic E-state index is 14.1. The third-order valence-electron chi connectivity index (χ3n) is 6.04. The first-order chi connectivity index (χ1) is 15.0. The standard InChI is InChI=1S/C25H36FN3O2/c1-27(2)14-15-29(19-22-24(30)11-6-12-25(22)31-3)17-20-8-7-13-28(16-20)18-21-9-4-5-10-23(21)26/h4-6,9-12,20,30H,7-8,13-19H2,1-3H3. The van der Waals surface area contributed by atoms with Gasteiger partial charge in [-0.3, -0.25) is 9.80 Å². The number of hydrogen-bond donors (Lipinski definition) is 1. The fourth-order valence-corrected chi connectivity index (χ4v) is 4.38. The van der Waals surface area contributed by atoms with Crippen LogP contribution in [0.1, 0.15) is 24.0 Å². The highest BCUT2D eigenvalue weighted by Crippen LogP contribution is 2.29. The van der Waals surface area contributed by atoms with Crippen molar-refractivity contribution < 1.29 is 14.2 Å². The van der Waals surface area contributed by atoms with Gasteiger partial charge >= 0.3 is 0 Å². The van der Waals surface area contributed by atoms with Gasteiger partial charge in [-0.2, -0.15) is 0 Å². The summed E-state index contributed by atoms with van der Waals surface area (Å²) in [6, 6.07) is 12.5. The molecule has 1 atom stereocenters. The Balaban J connectivity index is 1.67. The Morgan fingerprint density at radius 2 is 1.94 bits per heavy atom. The first kappa shape index (κ1) is 23.5. The molecule has 1 unspecified atom stereocenters. The highest BCUT2D eigenvalue weighted by molar-refractivity contribution is 5.43. The Morgan fingerprint density at radius 1 is 1.13 bits per heavy atom. The fourth-order valence-electron chi connectivity index (χ4n) is 4.38. The smallest absolute Gasteiger partial charge is 0.127 e. The Bertz CT molecular complexity index is 830. The number of piperidine rings is 1. The molecule has 3 rings (SSSR count). The molecule has 0 radical (unpaired) electrons. The predicted molar refractivity (Wildman–Crippen MR) is 123 cm³/mol. The summed E-state index contributed by atoms with van der Waals surface area (Å²) < 4.78 is 19.6. The molecule has 2 aromatic carbocycles. The van der Waals surface area contributed by atoms with Crippen molar-refractivity contribution in [1.82, 2.24) is 14.7 Å². The van der Waals surface area contributed by atoms with Gasteiger partial charge in [0.15, 0.2) is 0 Å². The van der Waals surface area contributed by atoms with Gasteiger partial charge < -0.3 is 14.7 Å². The van der Waals surface area contributed by atoms with Crippen molar-refractivity contribution in [2.75, 3.05) is 53.9 Å². The second-order valence-corrected chi connectivity index (χ2v) is 8.83. The van der Waals surface area contributed by atoms with Crippen molar-refractivity contribution in [2.24, 2.45) is 5.92 Å². The van der Waals surface area contributed by atoms with Crippen LogP contribution in [0, 0.1) is 11.7 Å². The molecule has 0 aliphatic carbocycles. The summed E-state index contributed by atoms with van der Waals surface area (Å²) in [5.41, 5.74) is 1.61. The van der Waals surface area contributed by atoms with Gasteiger partial charge in [0.1, 0.15) is 17.3 Å². The number of benzene rings is 2. The van der Waals surface area contributed by atoms with Gasteiger partial charge in [0.2, 0.25) is 0 Å². The summed E-state index contributed by atoms with van der Waals surface area (Å²) in [4.78, 5) is 6.96. The zero-order valence-electron chi connectivity index (χ0n) is 19.1. The lowest BCUT2D eigenvalue weighted by atomic mass is 9.96. The Kier molecular flexibility index (Phi) is 8.69. The lowest BCUT2D eigenvalue weighted by Crippen LogP contribution is -2.42. The molecule has 0 spiro atoms. The third-order valence-corrected chi connectivity index (χ3v) is 6.04. The van der Waals surface area contributed by atoms with Crippen LogP contribution in [0.25, 0.3) is 0 Å². The van der Waals surface area contributed by atoms with E-state index in [0.717, 1.165) is 56.0 Å². The van der Waals surface area contributed by atoms with Crippen LogP contribution in [-0.4, -0.2) is 73.7 Å². The minimum Gasteiger partial charge on any atom is -0.507 e. The minimum absolute atomic E-state index is 0.121. The number of rotatable bonds is 10. The molecule has 0 amide bonds. The highest BCUT2D eigenvalue weighted by Gasteiger charge is 2.24. The summed E-state index contributed by atoms with van der Waals surface area (Å²) in [7, 11) is 5.80. The number of methoxy groups -OCH3 is 1. The summed E-state index contributed by atoms with van der Waals surface area (Å²) >= 11 is 0. The van der Waals surface area contributed by atoms with Crippen LogP contribution >= 0.6 is 0 Å². The molecule has 1 aliphatic rings. The normalized spacial score (nSPS) is 17.4. The molecule has 6 heteroatoms. The van der Waals surface area contributed by atoms with E-state index in [1.165, 1.54) is 6.42 Å². The van der Waals surface area contributed by atoms with Gasteiger partial charge in [0, 0.05) is 50.4 Å². The number of phenols is 1. The van der Waals surface area contributed by atoms with Crippen LogP contribution in [0.15, 0.2) is 42.5 Å². The van der Waals surface area contributed by atoms with Crippen LogP contribution in [0.2, 0.25) is 0 Å². The molecule has 1 heterocycles. The summed E-state index contributed by atoms with van der Waals surface area (Å²) in [5.74, 6) is 1.39. The molecule has 1 aliphatic heterocycles. The van der Waals surface area contributed by atoms with E-state index in [1.807, 2.05) is 24.3 Å². The van der Waals surface area contributed by atoms with Crippen molar-refractivity contribution in [2.45, 2.75) is 25.9 Å². The summed E-state index contributed by atoms with van der Waals surface area (Å²) in [6.45, 7) is 6.08. The molecule has 0 bridgehead atoms. The van der Waals surface area contributed by atoms with Crippen molar-refractivity contribution >= 4 is 0 Å². The van der Waals surface area contributed by atoms with E-state index in [9.17, 15) is 9.50 Å². The number of likely N-dealkylation sites (N-methyl/N-ethyl adjacent to an activating group) is 1. The van der Waals surface area contributed by atoms with E-state index >= 15 is 0 Å². The number of aromatic hydroxyl groups is 1. The fraction of sp³-hybridized carbons (Fsp3) is 0.520. The SMILES string of the molecule is COc1cccc(O)c1CN(CCN(C)C)CC1CCCN(Cc2ccccc2F)C1. The Hall–Kier alpha value is -2.15. The molecule has 170 valence electrons. The third kappa shape index (κ3) is 6.92. The number of ether oxygens (including phenoxy) is 1. The van der Waals surface area contributed by atoms with Crippen molar-refractivity contribution in [3.63, 3.8) is 0 Å². The summed E-state index contributed by atoms with van der Waals surface area (Å²) in [5, 5.41) is 10.4. The molecule has 1 N–H and O–H groups in total. The molecule has 0 aromatic heterocycles. The molecule has 1 saturated heterocycles. The predicted octanol–water partition coefficient (Wildman–Crippen LogP) is 3.82. The largest absolute Gasteiger partial charge is 0.507 e. The molecule has 5 nitrogen and oxygen atoms in total. The van der Waals surface area contributed by atoms with E-state index in [0.29, 0.717) is 19.0 Å². The maximum atomic E-state index is 14.1. The Morgan fingerprint density at radius 3 is 2.68 bits per heavy atom. The van der Waals surface area contributed by atoms with Gasteiger partial charge in [-0.1, -0.05) is 24.3 Å². The van der Waals surface area contributed by atoms with Crippen LogP contribution in [-0.2, 0) is 13.1 Å². The van der Waals surface area contributed by atoms with E-state index in [1.54, 1.807) is 25.3 Å². The van der Waals surface area contributed by atoms with Gasteiger partial charge in [0.25, 0.3) is 0 Å². The zero-order valence-corrected chi connectivity index (χ0v) is 19.1. The van der Waals surface area contributed by atoms with Crippen molar-refractivity contribution in [1.29, 1.82) is 0 Å². The van der Waals surface area contributed by atoms with Gasteiger partial charge in [-0.05, 0) is 57.6 Å². The van der Waals surface area contributed by atoms with Crippen LogP contribution in [0.5, 0.6) is 11.5 Å². The van der Waals surface area contributed by atoms with E-state index < -0.39 is 0 Å². The second kappa shape index (κ2) is 11.5. The number of hydrogen-bond acceptors (Lipinski definition) is 5. The second-order valence-electron chi connectivity index (χ2n) is 8.83. The van der Waals surface area contributed by atoms with Gasteiger partial charge in [-0.15, -0.1) is 0 Å². The van der Waals surface area contributed by atoms with Crippen LogP contribution in [0.3, 0.4) is 0 Å². The Labute approximate surface area is 186 Å². The molecule has 0 saturated carbocycles. The van der Waals surface area contributed by atoms with Crippen LogP contribution < -0.4 is 4.74 Å². The number of phenolic OH excluding ortho intramolecular Hbond substituents is 1. The quantitative estimate of drug-likeness (QED) is 0.622. The minimum atomic E-state index is -0.121. The molecule has 31 heavy (non-hydrogen) atoms. The lowest BCUT2D eigenvalue weighted by Gasteiger charge is -2.36. The number of nitrogens with zero attached hydrogens (tertiary/aromatic N) is 3. The average Bonchev–Trinajstić information content (AvgIpc) is 2.75. The average molecular weight is 430 g/mol. The van der Waals surface area contributed by atoms with E-state index in [4.69, 9.17) is 4.74 Å². The van der Waals surface area contributed by atoms with E-state index in [2.05, 4.69) is 28.8 Å². The lowest BCUT2D eigenvalue weighted by molar-refractivity contribution is 0.118. The monoisotopic (exact) mass is 429 g/mol. The first-order valence-corrected chi connectivity index (χ1v) is 11.1. The van der Waals surface area contributed by atoms with Gasteiger partial charge in [-0.25, -0.2) is 4.39 Å². The zero-order chi connectivity index (χ0) is 22.2. The first-order valence-electron chi connectivity index (χ1n) is 11.1. The molecular formula is C25H36FN3O2. The maximum Gasteiger partial charge on any atom is 0.127 e. The van der Waals surface area contributed by atoms with Crippen LogP contribution in [0.4, 0.5) is 4.39 Å². The summed E-state index contributed by atoms with van der Waals surface area (Å²) in [6.07, 6.45) is 2.30. The molecule has 1 fully saturated rings. The van der Waals surface area contributed by atoms with Gasteiger partial charge in [0.05, 0.1) is 7.11 Å². The van der Waals surface area contributed by atoms with E-state index in [-0.39, 0.29) is 11.6 Å². The molecule has 2 aromatic rings. The highest BCUT2D eigenvalue weighted by atomic mass is 19.1. The van der Waals surface area contributed by atoms with Crippen molar-refractivity contribution in [3.8, 4) is 11.5 Å². The topological polar surface area (TPSA) is 39.2 Å². The molecular weight excluding hydrogens is 393 g/mol. The number of likely N-dealkylation sites (tertiary alicyclic amines) is 1.